The number of nitrogens with one attached hydrogen (secondary N) is 1. The Balaban J connectivity index is 1.99. The summed E-state index contributed by atoms with van der Waals surface area (Å²) in [6.07, 6.45) is 1.17. The maximum absolute atomic E-state index is 12.0. The van der Waals surface area contributed by atoms with Crippen molar-refractivity contribution in [3.8, 4) is 0 Å². The fraction of sp³-hybridized carbons (Fsp3) is 0.467. The lowest BCUT2D eigenvalue weighted by Crippen LogP contribution is -2.45. The van der Waals surface area contributed by atoms with E-state index >= 15 is 0 Å². The lowest BCUT2D eigenvalue weighted by atomic mass is 10.1. The van der Waals surface area contributed by atoms with E-state index in [-0.39, 0.29) is 12.5 Å². The maximum atomic E-state index is 12.0. The molecular formula is C15H20N2O4. The number of carbonyl (C=O) groups is 2. The standard InChI is InChI=1S/C15H20N2O4/c1-21-8-4-7-16-14(18)10-17-12-6-3-2-5-11(12)9-13(17)15(19)20/h2-3,5-6,13H,4,7-10H2,1H3,(H,16,18)(H,19,20). The van der Waals surface area contributed by atoms with Gasteiger partial charge in [0.25, 0.3) is 0 Å². The highest BCUT2D eigenvalue weighted by atomic mass is 16.5. The SMILES string of the molecule is COCCCNC(=O)CN1c2ccccc2CC1C(=O)O. The van der Waals surface area contributed by atoms with Gasteiger partial charge in [0, 0.05) is 32.4 Å². The smallest absolute Gasteiger partial charge is 0.326 e. The molecule has 6 nitrogen and oxygen atoms in total. The van der Waals surface area contributed by atoms with Gasteiger partial charge in [-0.1, -0.05) is 18.2 Å². The van der Waals surface area contributed by atoms with Crippen LogP contribution in [0.5, 0.6) is 0 Å². The van der Waals surface area contributed by atoms with Crippen molar-refractivity contribution in [2.24, 2.45) is 0 Å². The Labute approximate surface area is 123 Å². The molecule has 6 heteroatoms. The minimum Gasteiger partial charge on any atom is -0.480 e. The average Bonchev–Trinajstić information content (AvgIpc) is 2.83. The monoisotopic (exact) mass is 292 g/mol. The topological polar surface area (TPSA) is 78.9 Å². The number of amides is 1. The summed E-state index contributed by atoms with van der Waals surface area (Å²) in [5.41, 5.74) is 1.80. The largest absolute Gasteiger partial charge is 0.480 e. The fourth-order valence-electron chi connectivity index (χ4n) is 2.52. The van der Waals surface area contributed by atoms with Crippen LogP contribution in [0.25, 0.3) is 0 Å². The van der Waals surface area contributed by atoms with Crippen molar-refractivity contribution in [2.75, 3.05) is 31.7 Å². The van der Waals surface area contributed by atoms with Crippen molar-refractivity contribution in [1.82, 2.24) is 5.32 Å². The van der Waals surface area contributed by atoms with Gasteiger partial charge >= 0.3 is 5.97 Å². The number of benzene rings is 1. The molecule has 1 aromatic carbocycles. The van der Waals surface area contributed by atoms with E-state index in [1.54, 1.807) is 12.0 Å². The molecule has 0 aliphatic carbocycles. The number of carbonyl (C=O) groups excluding carboxylic acids is 1. The second kappa shape index (κ2) is 7.08. The van der Waals surface area contributed by atoms with Crippen LogP contribution in [0.15, 0.2) is 24.3 Å². The van der Waals surface area contributed by atoms with Crippen LogP contribution in [0, 0.1) is 0 Å². The van der Waals surface area contributed by atoms with Crippen molar-refractivity contribution < 1.29 is 19.4 Å². The number of carboxylic acid groups (broad SMARTS) is 1. The number of nitrogens with zero attached hydrogens (tertiary/aromatic N) is 1. The highest BCUT2D eigenvalue weighted by Gasteiger charge is 2.35. The number of ether oxygens (including phenoxy) is 1. The van der Waals surface area contributed by atoms with Gasteiger partial charge in [0.2, 0.25) is 5.91 Å². The molecule has 0 aromatic heterocycles. The zero-order chi connectivity index (χ0) is 15.2. The fourth-order valence-corrected chi connectivity index (χ4v) is 2.52. The molecule has 1 amide bonds. The number of fused-ring (bicyclic) bond motifs is 1. The predicted molar refractivity (Wildman–Crippen MR) is 78.4 cm³/mol. The average molecular weight is 292 g/mol. The predicted octanol–water partition coefficient (Wildman–Crippen LogP) is 0.655. The van der Waals surface area contributed by atoms with E-state index in [0.29, 0.717) is 19.6 Å². The number of carboxylic acids is 1. The Kier molecular flexibility index (Phi) is 5.16. The van der Waals surface area contributed by atoms with Gasteiger partial charge in [0.15, 0.2) is 0 Å². The first-order chi connectivity index (χ1) is 10.1. The first-order valence-electron chi connectivity index (χ1n) is 6.96. The highest BCUT2D eigenvalue weighted by Crippen LogP contribution is 2.31. The van der Waals surface area contributed by atoms with E-state index in [1.807, 2.05) is 24.3 Å². The van der Waals surface area contributed by atoms with E-state index in [1.165, 1.54) is 0 Å². The molecule has 2 N–H and O–H groups in total. The quantitative estimate of drug-likeness (QED) is 0.722. The molecule has 0 bridgehead atoms. The van der Waals surface area contributed by atoms with Gasteiger partial charge in [-0.2, -0.15) is 0 Å². The third-order valence-electron chi connectivity index (χ3n) is 3.54. The molecule has 1 aromatic rings. The summed E-state index contributed by atoms with van der Waals surface area (Å²) in [7, 11) is 1.61. The lowest BCUT2D eigenvalue weighted by Gasteiger charge is -2.24. The number of anilines is 1. The van der Waals surface area contributed by atoms with Crippen molar-refractivity contribution >= 4 is 17.6 Å². The molecule has 0 fully saturated rings. The molecule has 1 aliphatic rings. The molecule has 0 saturated heterocycles. The van der Waals surface area contributed by atoms with Crippen molar-refractivity contribution in [1.29, 1.82) is 0 Å². The Morgan fingerprint density at radius 3 is 2.90 bits per heavy atom. The van der Waals surface area contributed by atoms with Crippen LogP contribution in [-0.4, -0.2) is 49.8 Å². The lowest BCUT2D eigenvalue weighted by molar-refractivity contribution is -0.138. The van der Waals surface area contributed by atoms with Gasteiger partial charge in [-0.3, -0.25) is 4.79 Å². The summed E-state index contributed by atoms with van der Waals surface area (Å²) in [5, 5.41) is 12.1. The Hall–Kier alpha value is -2.08. The van der Waals surface area contributed by atoms with E-state index in [0.717, 1.165) is 17.7 Å². The summed E-state index contributed by atoms with van der Waals surface area (Å²) in [5.74, 6) is -1.08. The van der Waals surface area contributed by atoms with Crippen LogP contribution >= 0.6 is 0 Å². The Morgan fingerprint density at radius 1 is 1.43 bits per heavy atom. The van der Waals surface area contributed by atoms with Crippen LogP contribution in [0.1, 0.15) is 12.0 Å². The molecule has 1 heterocycles. The van der Waals surface area contributed by atoms with Crippen LogP contribution in [0.2, 0.25) is 0 Å². The van der Waals surface area contributed by atoms with Crippen LogP contribution < -0.4 is 10.2 Å². The number of para-hydroxylation sites is 1. The zero-order valence-corrected chi connectivity index (χ0v) is 12.0. The third kappa shape index (κ3) is 3.72. The number of hydrogen-bond acceptors (Lipinski definition) is 4. The summed E-state index contributed by atoms with van der Waals surface area (Å²) in [6.45, 7) is 1.17. The highest BCUT2D eigenvalue weighted by molar-refractivity contribution is 5.88. The van der Waals surface area contributed by atoms with Crippen molar-refractivity contribution in [3.05, 3.63) is 29.8 Å². The molecule has 0 saturated carbocycles. The van der Waals surface area contributed by atoms with Gasteiger partial charge in [-0.25, -0.2) is 4.79 Å². The summed E-state index contributed by atoms with van der Waals surface area (Å²) < 4.78 is 4.91. The van der Waals surface area contributed by atoms with Crippen LogP contribution in [-0.2, 0) is 20.7 Å². The molecule has 0 radical (unpaired) electrons. The van der Waals surface area contributed by atoms with E-state index in [2.05, 4.69) is 5.32 Å². The number of aliphatic carboxylic acids is 1. The molecule has 21 heavy (non-hydrogen) atoms. The van der Waals surface area contributed by atoms with Gasteiger partial charge in [-0.05, 0) is 18.1 Å². The Morgan fingerprint density at radius 2 is 2.19 bits per heavy atom. The zero-order valence-electron chi connectivity index (χ0n) is 12.0. The van der Waals surface area contributed by atoms with E-state index < -0.39 is 12.0 Å². The molecule has 2 rings (SSSR count). The van der Waals surface area contributed by atoms with E-state index in [9.17, 15) is 14.7 Å². The molecule has 1 atom stereocenters. The van der Waals surface area contributed by atoms with Crippen molar-refractivity contribution in [2.45, 2.75) is 18.9 Å². The minimum absolute atomic E-state index is 0.0565. The van der Waals surface area contributed by atoms with Crippen molar-refractivity contribution in [3.63, 3.8) is 0 Å². The second-order valence-electron chi connectivity index (χ2n) is 5.01. The van der Waals surface area contributed by atoms with Gasteiger partial charge in [0.05, 0.1) is 6.54 Å². The summed E-state index contributed by atoms with van der Waals surface area (Å²) in [4.78, 5) is 25.0. The number of rotatable bonds is 7. The van der Waals surface area contributed by atoms with Gasteiger partial charge < -0.3 is 20.1 Å². The maximum Gasteiger partial charge on any atom is 0.326 e. The van der Waals surface area contributed by atoms with Gasteiger partial charge in [0.1, 0.15) is 6.04 Å². The molecule has 1 aliphatic heterocycles. The first-order valence-corrected chi connectivity index (χ1v) is 6.96. The summed E-state index contributed by atoms with van der Waals surface area (Å²) >= 11 is 0. The third-order valence-corrected chi connectivity index (χ3v) is 3.54. The van der Waals surface area contributed by atoms with Gasteiger partial charge in [-0.15, -0.1) is 0 Å². The molecule has 0 spiro atoms. The summed E-state index contributed by atoms with van der Waals surface area (Å²) in [6, 6.07) is 6.82. The number of methoxy groups -OCH3 is 1. The molecule has 1 unspecified atom stereocenters. The first kappa shape index (κ1) is 15.3. The number of hydrogen-bond donors (Lipinski definition) is 2. The Bertz CT molecular complexity index is 518. The van der Waals surface area contributed by atoms with Crippen LogP contribution in [0.3, 0.4) is 0 Å². The molecular weight excluding hydrogens is 272 g/mol. The second-order valence-corrected chi connectivity index (χ2v) is 5.01. The minimum atomic E-state index is -0.904. The van der Waals surface area contributed by atoms with E-state index in [4.69, 9.17) is 4.74 Å². The van der Waals surface area contributed by atoms with Crippen LogP contribution in [0.4, 0.5) is 5.69 Å². The molecule has 114 valence electrons. The normalized spacial score (nSPS) is 16.6.